The van der Waals surface area contributed by atoms with Gasteiger partial charge in [-0.05, 0) is 24.1 Å². The minimum Gasteiger partial charge on any atom is -0.391 e. The molecule has 1 fully saturated rings. The number of aromatic nitrogens is 3. The van der Waals surface area contributed by atoms with E-state index in [-0.39, 0.29) is 12.0 Å². The van der Waals surface area contributed by atoms with Gasteiger partial charge in [-0.2, -0.15) is 0 Å². The molecule has 0 saturated carbocycles. The van der Waals surface area contributed by atoms with Crippen molar-refractivity contribution in [3.05, 3.63) is 48.3 Å². The van der Waals surface area contributed by atoms with E-state index in [4.69, 9.17) is 4.74 Å². The molecule has 1 aliphatic heterocycles. The molecule has 3 rings (SSSR count). The molecule has 0 amide bonds. The van der Waals surface area contributed by atoms with Gasteiger partial charge >= 0.3 is 0 Å². The molecule has 0 aliphatic carbocycles. The van der Waals surface area contributed by atoms with Crippen molar-refractivity contribution in [3.8, 4) is 0 Å². The van der Waals surface area contributed by atoms with E-state index in [0.29, 0.717) is 13.2 Å². The van der Waals surface area contributed by atoms with Crippen LogP contribution in [0.3, 0.4) is 0 Å². The molecular weight excluding hydrogens is 292 g/mol. The molecule has 2 atom stereocenters. The maximum atomic E-state index is 10.4. The van der Waals surface area contributed by atoms with Gasteiger partial charge in [0.05, 0.1) is 19.3 Å². The molecule has 2 aromatic rings. The second kappa shape index (κ2) is 7.68. The molecule has 23 heavy (non-hydrogen) atoms. The van der Waals surface area contributed by atoms with Crippen LogP contribution in [0.2, 0.25) is 0 Å². The third-order valence-electron chi connectivity index (χ3n) is 4.43. The second-order valence-electron chi connectivity index (χ2n) is 6.11. The van der Waals surface area contributed by atoms with Gasteiger partial charge in [-0.3, -0.25) is 9.88 Å². The highest BCUT2D eigenvalue weighted by molar-refractivity contribution is 5.12. The Morgan fingerprint density at radius 2 is 2.09 bits per heavy atom. The summed E-state index contributed by atoms with van der Waals surface area (Å²) >= 11 is 0. The molecule has 0 spiro atoms. The van der Waals surface area contributed by atoms with Crippen molar-refractivity contribution in [1.82, 2.24) is 19.4 Å². The summed E-state index contributed by atoms with van der Waals surface area (Å²) in [6.07, 6.45) is 8.02. The highest BCUT2D eigenvalue weighted by Gasteiger charge is 2.31. The number of aliphatic hydroxyl groups is 1. The van der Waals surface area contributed by atoms with Crippen molar-refractivity contribution in [3.63, 3.8) is 0 Å². The number of aliphatic hydroxyl groups excluding tert-OH is 1. The van der Waals surface area contributed by atoms with Gasteiger partial charge in [0.2, 0.25) is 0 Å². The highest BCUT2D eigenvalue weighted by atomic mass is 16.5. The summed E-state index contributed by atoms with van der Waals surface area (Å²) < 4.78 is 7.25. The molecule has 0 bridgehead atoms. The van der Waals surface area contributed by atoms with Crippen molar-refractivity contribution in [2.45, 2.75) is 25.6 Å². The van der Waals surface area contributed by atoms with Crippen LogP contribution in [0.15, 0.2) is 36.9 Å². The number of hydrogen-bond acceptors (Lipinski definition) is 5. The van der Waals surface area contributed by atoms with Gasteiger partial charge in [-0.15, -0.1) is 0 Å². The molecule has 1 N–H and O–H groups in total. The van der Waals surface area contributed by atoms with E-state index in [1.54, 1.807) is 19.5 Å². The smallest absolute Gasteiger partial charge is 0.122 e. The van der Waals surface area contributed by atoms with Crippen LogP contribution in [0.1, 0.15) is 11.4 Å². The molecule has 1 saturated heterocycles. The number of hydrogen-bond donors (Lipinski definition) is 1. The van der Waals surface area contributed by atoms with Crippen LogP contribution < -0.4 is 0 Å². The Hall–Kier alpha value is -1.76. The number of β-amino-alcohol motifs (C(OH)–C–C–N with tert-alkyl or cyclic N) is 1. The number of ether oxygens (including phenoxy) is 1. The van der Waals surface area contributed by atoms with Crippen LogP contribution in [0.5, 0.6) is 0 Å². The molecule has 1 aliphatic rings. The Morgan fingerprint density at radius 1 is 1.26 bits per heavy atom. The van der Waals surface area contributed by atoms with E-state index < -0.39 is 0 Å². The standard InChI is InChI=1S/C17H24N4O2/c1-23-9-8-21-7-6-19-17(21)13-20-11-15(16(22)12-20)10-14-2-4-18-5-3-14/h2-7,15-16,22H,8-13H2,1H3/t15-,16-/m1/s1. The monoisotopic (exact) mass is 316 g/mol. The fourth-order valence-electron chi connectivity index (χ4n) is 3.18. The van der Waals surface area contributed by atoms with Gasteiger partial charge in [0.1, 0.15) is 5.82 Å². The highest BCUT2D eigenvalue weighted by Crippen LogP contribution is 2.22. The van der Waals surface area contributed by atoms with Crippen molar-refractivity contribution >= 4 is 0 Å². The number of rotatable bonds is 7. The molecule has 0 radical (unpaired) electrons. The van der Waals surface area contributed by atoms with Crippen molar-refractivity contribution in [1.29, 1.82) is 0 Å². The van der Waals surface area contributed by atoms with Gasteiger partial charge in [-0.25, -0.2) is 4.98 Å². The molecule has 0 unspecified atom stereocenters. The summed E-state index contributed by atoms with van der Waals surface area (Å²) in [5.74, 6) is 1.29. The Kier molecular flexibility index (Phi) is 5.38. The average molecular weight is 316 g/mol. The van der Waals surface area contributed by atoms with Gasteiger partial charge < -0.3 is 14.4 Å². The third-order valence-corrected chi connectivity index (χ3v) is 4.43. The molecule has 6 heteroatoms. The summed E-state index contributed by atoms with van der Waals surface area (Å²) in [6, 6.07) is 4.04. The molecule has 2 aromatic heterocycles. The lowest BCUT2D eigenvalue weighted by atomic mass is 9.97. The maximum absolute atomic E-state index is 10.4. The van der Waals surface area contributed by atoms with Crippen LogP contribution in [0.25, 0.3) is 0 Å². The van der Waals surface area contributed by atoms with E-state index >= 15 is 0 Å². The van der Waals surface area contributed by atoms with Gasteiger partial charge in [0, 0.05) is 57.4 Å². The lowest BCUT2D eigenvalue weighted by molar-refractivity contribution is 0.140. The maximum Gasteiger partial charge on any atom is 0.122 e. The van der Waals surface area contributed by atoms with Crippen LogP contribution in [0, 0.1) is 5.92 Å². The van der Waals surface area contributed by atoms with E-state index in [1.807, 2.05) is 24.5 Å². The summed E-state index contributed by atoms with van der Waals surface area (Å²) in [6.45, 7) is 3.84. The molecule has 124 valence electrons. The predicted octanol–water partition coefficient (Wildman–Crippen LogP) is 0.960. The Bertz CT molecular complexity index is 602. The Balaban J connectivity index is 1.57. The Morgan fingerprint density at radius 3 is 2.87 bits per heavy atom. The number of likely N-dealkylation sites (tertiary alicyclic amines) is 1. The minimum absolute atomic E-state index is 0.264. The van der Waals surface area contributed by atoms with Crippen LogP contribution in [0.4, 0.5) is 0 Å². The molecular formula is C17H24N4O2. The van der Waals surface area contributed by atoms with Crippen molar-refractivity contribution in [2.75, 3.05) is 26.8 Å². The lowest BCUT2D eigenvalue weighted by Crippen LogP contribution is -2.24. The lowest BCUT2D eigenvalue weighted by Gasteiger charge is -2.16. The molecule has 6 nitrogen and oxygen atoms in total. The molecule has 3 heterocycles. The van der Waals surface area contributed by atoms with Crippen LogP contribution >= 0.6 is 0 Å². The first-order valence-corrected chi connectivity index (χ1v) is 8.04. The van der Waals surface area contributed by atoms with Crippen molar-refractivity contribution < 1.29 is 9.84 Å². The third kappa shape index (κ3) is 4.16. The molecule has 0 aromatic carbocycles. The summed E-state index contributed by atoms with van der Waals surface area (Å²) in [5.41, 5.74) is 1.23. The van der Waals surface area contributed by atoms with E-state index in [0.717, 1.165) is 31.9 Å². The normalized spacial score (nSPS) is 21.8. The van der Waals surface area contributed by atoms with E-state index in [2.05, 4.69) is 19.4 Å². The minimum atomic E-state index is -0.287. The topological polar surface area (TPSA) is 63.4 Å². The number of nitrogens with zero attached hydrogens (tertiary/aromatic N) is 4. The fourth-order valence-corrected chi connectivity index (χ4v) is 3.18. The number of imidazole rings is 1. The number of pyridine rings is 1. The van der Waals surface area contributed by atoms with Crippen LogP contribution in [-0.4, -0.2) is 57.5 Å². The zero-order valence-corrected chi connectivity index (χ0v) is 13.5. The summed E-state index contributed by atoms with van der Waals surface area (Å²) in [4.78, 5) is 10.8. The van der Waals surface area contributed by atoms with E-state index in [1.165, 1.54) is 5.56 Å². The first-order valence-electron chi connectivity index (χ1n) is 8.04. The fraction of sp³-hybridized carbons (Fsp3) is 0.529. The van der Waals surface area contributed by atoms with Crippen molar-refractivity contribution in [2.24, 2.45) is 5.92 Å². The van der Waals surface area contributed by atoms with Crippen LogP contribution in [-0.2, 0) is 24.2 Å². The quantitative estimate of drug-likeness (QED) is 0.824. The second-order valence-corrected chi connectivity index (χ2v) is 6.11. The van der Waals surface area contributed by atoms with E-state index in [9.17, 15) is 5.11 Å². The first-order chi connectivity index (χ1) is 11.3. The summed E-state index contributed by atoms with van der Waals surface area (Å²) in [7, 11) is 1.71. The average Bonchev–Trinajstić information content (AvgIpc) is 3.13. The van der Waals surface area contributed by atoms with Gasteiger partial charge in [0.15, 0.2) is 0 Å². The summed E-state index contributed by atoms with van der Waals surface area (Å²) in [5, 5.41) is 10.4. The SMILES string of the molecule is COCCn1ccnc1CN1C[C@@H](Cc2ccncc2)[C@H](O)C1. The van der Waals surface area contributed by atoms with Gasteiger partial charge in [0.25, 0.3) is 0 Å². The largest absolute Gasteiger partial charge is 0.391 e. The zero-order valence-electron chi connectivity index (χ0n) is 13.5. The first kappa shape index (κ1) is 16.1. The zero-order chi connectivity index (χ0) is 16.1. The predicted molar refractivity (Wildman–Crippen MR) is 86.8 cm³/mol. The van der Waals surface area contributed by atoms with Gasteiger partial charge in [-0.1, -0.05) is 0 Å². The Labute approximate surface area is 136 Å². The number of methoxy groups -OCH3 is 1.